The molecule has 32 heavy (non-hydrogen) atoms. The van der Waals surface area contributed by atoms with E-state index in [0.717, 1.165) is 55.6 Å². The zero-order chi connectivity index (χ0) is 22.5. The van der Waals surface area contributed by atoms with Crippen LogP contribution in [-0.2, 0) is 16.6 Å². The Bertz CT molecular complexity index is 1090. The summed E-state index contributed by atoms with van der Waals surface area (Å²) in [4.78, 5) is 25.7. The molecule has 5 rings (SSSR count). The van der Waals surface area contributed by atoms with E-state index < -0.39 is 5.97 Å². The minimum atomic E-state index is -0.953. The molecule has 5 nitrogen and oxygen atoms in total. The number of nitrogens with zero attached hydrogens (tertiary/aromatic N) is 1. The normalized spacial score (nSPS) is 28.7. The van der Waals surface area contributed by atoms with E-state index in [9.17, 15) is 14.7 Å². The van der Waals surface area contributed by atoms with Gasteiger partial charge in [0.05, 0.1) is 17.9 Å². The third-order valence-electron chi connectivity index (χ3n) is 7.96. The highest BCUT2D eigenvalue weighted by molar-refractivity contribution is 6.30. The molecule has 0 bridgehead atoms. The molecule has 168 valence electrons. The second-order valence-corrected chi connectivity index (χ2v) is 10.4. The molecule has 1 spiro atoms. The number of carbonyl (C=O) groups excluding carboxylic acids is 1. The number of rotatable bonds is 4. The quantitative estimate of drug-likeness (QED) is 0.650. The highest BCUT2D eigenvalue weighted by atomic mass is 35.5. The van der Waals surface area contributed by atoms with Crippen LogP contribution in [0.1, 0.15) is 54.1 Å². The van der Waals surface area contributed by atoms with E-state index in [-0.39, 0.29) is 22.3 Å². The Morgan fingerprint density at radius 1 is 1.28 bits per heavy atom. The number of carboxylic acids is 1. The van der Waals surface area contributed by atoms with Crippen LogP contribution >= 0.6 is 11.6 Å². The number of anilines is 1. The van der Waals surface area contributed by atoms with E-state index in [2.05, 4.69) is 17.0 Å². The van der Waals surface area contributed by atoms with Crippen LogP contribution in [0.15, 0.2) is 36.4 Å². The topological polar surface area (TPSA) is 66.8 Å². The summed E-state index contributed by atoms with van der Waals surface area (Å²) < 4.78 is 6.37. The molecule has 1 heterocycles. The van der Waals surface area contributed by atoms with E-state index in [1.165, 1.54) is 11.1 Å². The number of ether oxygens (including phenoxy) is 1. The number of halogens is 1. The van der Waals surface area contributed by atoms with E-state index in [1.807, 2.05) is 13.0 Å². The number of carboxylic acid groups (broad SMARTS) is 1. The SMILES string of the molecule is C[C@]1(C=O)CC[C@H]1CN1CC2(CCCc3cc(Cl)ccc32)COc2ccc(C(=O)O)cc21. The monoisotopic (exact) mass is 453 g/mol. The molecule has 6 heteroatoms. The summed E-state index contributed by atoms with van der Waals surface area (Å²) in [6.07, 6.45) is 6.04. The fourth-order valence-electron chi connectivity index (χ4n) is 5.77. The lowest BCUT2D eigenvalue weighted by atomic mass is 9.62. The Morgan fingerprint density at radius 3 is 2.84 bits per heavy atom. The summed E-state index contributed by atoms with van der Waals surface area (Å²) >= 11 is 6.30. The van der Waals surface area contributed by atoms with Crippen molar-refractivity contribution in [2.45, 2.75) is 44.4 Å². The number of aromatic carboxylic acids is 1. The van der Waals surface area contributed by atoms with Gasteiger partial charge in [-0.3, -0.25) is 0 Å². The van der Waals surface area contributed by atoms with Gasteiger partial charge in [0, 0.05) is 28.9 Å². The van der Waals surface area contributed by atoms with E-state index in [4.69, 9.17) is 16.3 Å². The molecule has 0 saturated heterocycles. The van der Waals surface area contributed by atoms with Crippen molar-refractivity contribution in [3.63, 3.8) is 0 Å². The van der Waals surface area contributed by atoms with Crippen molar-refractivity contribution in [3.05, 3.63) is 58.1 Å². The Balaban J connectivity index is 1.58. The van der Waals surface area contributed by atoms with Crippen LogP contribution in [-0.4, -0.2) is 37.1 Å². The van der Waals surface area contributed by atoms with Crippen molar-refractivity contribution in [1.29, 1.82) is 0 Å². The van der Waals surface area contributed by atoms with Crippen LogP contribution in [0, 0.1) is 11.3 Å². The predicted octanol–water partition coefficient (Wildman–Crippen LogP) is 5.13. The Kier molecular flexibility index (Phi) is 5.20. The molecule has 0 amide bonds. The summed E-state index contributed by atoms with van der Waals surface area (Å²) in [6, 6.07) is 11.3. The van der Waals surface area contributed by atoms with Crippen molar-refractivity contribution < 1.29 is 19.4 Å². The van der Waals surface area contributed by atoms with E-state index in [1.54, 1.807) is 18.2 Å². The zero-order valence-corrected chi connectivity index (χ0v) is 19.0. The summed E-state index contributed by atoms with van der Waals surface area (Å²) in [7, 11) is 0. The van der Waals surface area contributed by atoms with Gasteiger partial charge in [-0.2, -0.15) is 0 Å². The van der Waals surface area contributed by atoms with Gasteiger partial charge in [0.25, 0.3) is 0 Å². The highest BCUT2D eigenvalue weighted by Gasteiger charge is 2.46. The van der Waals surface area contributed by atoms with Crippen molar-refractivity contribution in [2.75, 3.05) is 24.6 Å². The molecular formula is C26H28ClNO4. The number of aryl methyl sites for hydroxylation is 1. The maximum absolute atomic E-state index is 11.8. The van der Waals surface area contributed by atoms with Gasteiger partial charge in [-0.25, -0.2) is 4.79 Å². The van der Waals surface area contributed by atoms with Crippen molar-refractivity contribution in [3.8, 4) is 5.75 Å². The van der Waals surface area contributed by atoms with Crippen LogP contribution in [0.3, 0.4) is 0 Å². The van der Waals surface area contributed by atoms with E-state index >= 15 is 0 Å². The molecule has 1 saturated carbocycles. The van der Waals surface area contributed by atoms with Gasteiger partial charge < -0.3 is 19.5 Å². The van der Waals surface area contributed by atoms with Crippen LogP contribution < -0.4 is 9.64 Å². The predicted molar refractivity (Wildman–Crippen MR) is 124 cm³/mol. The first-order chi connectivity index (χ1) is 15.3. The van der Waals surface area contributed by atoms with Crippen molar-refractivity contribution in [1.82, 2.24) is 0 Å². The Hall–Kier alpha value is -2.53. The molecule has 2 aromatic rings. The van der Waals surface area contributed by atoms with Gasteiger partial charge in [0.2, 0.25) is 0 Å². The minimum Gasteiger partial charge on any atom is -0.490 e. The van der Waals surface area contributed by atoms with Gasteiger partial charge in [-0.05, 0) is 79.5 Å². The maximum atomic E-state index is 11.8. The smallest absolute Gasteiger partial charge is 0.335 e. The Morgan fingerprint density at radius 2 is 2.12 bits per heavy atom. The fourth-order valence-corrected chi connectivity index (χ4v) is 5.97. The fraction of sp³-hybridized carbons (Fsp3) is 0.462. The number of fused-ring (bicyclic) bond motifs is 3. The average molecular weight is 454 g/mol. The van der Waals surface area contributed by atoms with Crippen LogP contribution in [0.2, 0.25) is 5.02 Å². The van der Waals surface area contributed by atoms with Crippen LogP contribution in [0.5, 0.6) is 5.75 Å². The summed E-state index contributed by atoms with van der Waals surface area (Å²) in [5.74, 6) is -0.00408. The molecule has 3 atom stereocenters. The van der Waals surface area contributed by atoms with Crippen LogP contribution in [0.4, 0.5) is 5.69 Å². The number of carbonyl (C=O) groups is 2. The van der Waals surface area contributed by atoms with Gasteiger partial charge in [-0.1, -0.05) is 24.6 Å². The van der Waals surface area contributed by atoms with Crippen molar-refractivity contribution in [2.24, 2.45) is 11.3 Å². The van der Waals surface area contributed by atoms with Gasteiger partial charge >= 0.3 is 5.97 Å². The average Bonchev–Trinajstić information content (AvgIpc) is 2.93. The van der Waals surface area contributed by atoms with E-state index in [0.29, 0.717) is 18.9 Å². The second kappa shape index (κ2) is 7.80. The molecule has 0 aromatic heterocycles. The Labute approximate surface area is 193 Å². The van der Waals surface area contributed by atoms with Gasteiger partial charge in [0.1, 0.15) is 12.0 Å². The second-order valence-electron chi connectivity index (χ2n) is 9.95. The minimum absolute atomic E-state index is 0.206. The lowest BCUT2D eigenvalue weighted by molar-refractivity contribution is -0.123. The molecular weight excluding hydrogens is 426 g/mol. The first-order valence-corrected chi connectivity index (χ1v) is 11.7. The highest BCUT2D eigenvalue weighted by Crippen LogP contribution is 2.49. The molecule has 2 aliphatic carbocycles. The molecule has 1 N–H and O–H groups in total. The number of benzene rings is 2. The molecule has 3 aliphatic rings. The summed E-state index contributed by atoms with van der Waals surface area (Å²) in [5.41, 5.74) is 3.08. The number of hydrogen-bond donors (Lipinski definition) is 1. The first kappa shape index (κ1) is 21.3. The molecule has 1 unspecified atom stereocenters. The summed E-state index contributed by atoms with van der Waals surface area (Å²) in [5, 5.41) is 10.3. The lowest BCUT2D eigenvalue weighted by Gasteiger charge is -2.47. The molecule has 1 fully saturated rings. The zero-order valence-electron chi connectivity index (χ0n) is 18.3. The molecule has 1 aliphatic heterocycles. The third kappa shape index (κ3) is 3.47. The third-order valence-corrected chi connectivity index (χ3v) is 8.19. The molecule has 2 aromatic carbocycles. The van der Waals surface area contributed by atoms with Crippen molar-refractivity contribution >= 4 is 29.5 Å². The number of aldehydes is 1. The van der Waals surface area contributed by atoms with Gasteiger partial charge in [-0.15, -0.1) is 0 Å². The largest absolute Gasteiger partial charge is 0.490 e. The summed E-state index contributed by atoms with van der Waals surface area (Å²) in [6.45, 7) is 4.00. The maximum Gasteiger partial charge on any atom is 0.335 e. The molecule has 0 radical (unpaired) electrons. The lowest BCUT2D eigenvalue weighted by Crippen LogP contribution is -2.51. The van der Waals surface area contributed by atoms with Gasteiger partial charge in [0.15, 0.2) is 0 Å². The van der Waals surface area contributed by atoms with Crippen LogP contribution in [0.25, 0.3) is 0 Å². The standard InChI is InChI=1S/C26H28ClNO4/c1-25(15-29)10-8-19(25)13-28-14-26(9-2-3-17-11-20(27)5-6-21(17)26)16-32-23-7-4-18(24(30)31)12-22(23)28/h4-7,11-12,15,19H,2-3,8-10,13-14,16H2,1H3,(H,30,31)/t19-,25+,26?/m0/s1. The number of hydrogen-bond acceptors (Lipinski definition) is 4. The first-order valence-electron chi connectivity index (χ1n) is 11.3.